The standard InChI is InChI=1S/C20H23N3OS/c1-14(2)15-8-4-5-9-16(15)22-20(24)12-23-18-11-7-6-10-17(18)21-19(23)13-25-3/h4-11,14H,12-13H2,1-3H3,(H,22,24). The maximum atomic E-state index is 12.7. The summed E-state index contributed by atoms with van der Waals surface area (Å²) in [7, 11) is 0. The van der Waals surface area contributed by atoms with Crippen LogP contribution in [-0.4, -0.2) is 21.7 Å². The highest BCUT2D eigenvalue weighted by atomic mass is 32.2. The van der Waals surface area contributed by atoms with Gasteiger partial charge in [0.2, 0.25) is 5.91 Å². The Hall–Kier alpha value is -2.27. The number of para-hydroxylation sites is 3. The van der Waals surface area contributed by atoms with Crippen molar-refractivity contribution in [3.05, 3.63) is 59.9 Å². The van der Waals surface area contributed by atoms with Crippen molar-refractivity contribution in [2.75, 3.05) is 11.6 Å². The van der Waals surface area contributed by atoms with Crippen molar-refractivity contribution in [1.29, 1.82) is 0 Å². The van der Waals surface area contributed by atoms with Gasteiger partial charge in [-0.1, -0.05) is 44.2 Å². The van der Waals surface area contributed by atoms with E-state index in [0.29, 0.717) is 5.92 Å². The molecular formula is C20H23N3OS. The molecule has 0 bridgehead atoms. The molecule has 130 valence electrons. The molecule has 0 spiro atoms. The number of benzene rings is 2. The molecule has 1 heterocycles. The van der Waals surface area contributed by atoms with Crippen LogP contribution in [0.4, 0.5) is 5.69 Å². The zero-order valence-corrected chi connectivity index (χ0v) is 15.6. The Morgan fingerprint density at radius 2 is 1.88 bits per heavy atom. The van der Waals surface area contributed by atoms with Gasteiger partial charge in [0.25, 0.3) is 0 Å². The van der Waals surface area contributed by atoms with Gasteiger partial charge in [-0.05, 0) is 35.9 Å². The number of fused-ring (bicyclic) bond motifs is 1. The van der Waals surface area contributed by atoms with Crippen molar-refractivity contribution in [3.8, 4) is 0 Å². The lowest BCUT2D eigenvalue weighted by atomic mass is 10.0. The van der Waals surface area contributed by atoms with E-state index < -0.39 is 0 Å². The van der Waals surface area contributed by atoms with Gasteiger partial charge in [-0.25, -0.2) is 4.98 Å². The molecule has 0 saturated heterocycles. The molecule has 0 unspecified atom stereocenters. The lowest BCUT2D eigenvalue weighted by molar-refractivity contribution is -0.116. The number of imidazole rings is 1. The van der Waals surface area contributed by atoms with Crippen molar-refractivity contribution in [2.45, 2.75) is 32.1 Å². The number of carbonyl (C=O) groups excluding carboxylic acids is 1. The van der Waals surface area contributed by atoms with Gasteiger partial charge in [0.15, 0.2) is 0 Å². The Bertz CT molecular complexity index is 886. The minimum atomic E-state index is -0.0291. The topological polar surface area (TPSA) is 46.9 Å². The number of amides is 1. The third kappa shape index (κ3) is 3.87. The van der Waals surface area contributed by atoms with Crippen LogP contribution >= 0.6 is 11.8 Å². The maximum Gasteiger partial charge on any atom is 0.244 e. The average molecular weight is 353 g/mol. The number of carbonyl (C=O) groups is 1. The highest BCUT2D eigenvalue weighted by molar-refractivity contribution is 7.97. The Kier molecular flexibility index (Phi) is 5.43. The molecule has 0 fully saturated rings. The summed E-state index contributed by atoms with van der Waals surface area (Å²) in [6.45, 7) is 4.53. The fourth-order valence-electron chi connectivity index (χ4n) is 2.99. The molecule has 5 heteroatoms. The Balaban J connectivity index is 1.86. The van der Waals surface area contributed by atoms with Gasteiger partial charge in [-0.15, -0.1) is 0 Å². The predicted molar refractivity (Wildman–Crippen MR) is 106 cm³/mol. The summed E-state index contributed by atoms with van der Waals surface area (Å²) in [6.07, 6.45) is 2.04. The van der Waals surface area contributed by atoms with E-state index in [2.05, 4.69) is 30.2 Å². The Morgan fingerprint density at radius 1 is 1.16 bits per heavy atom. The molecule has 2 aromatic carbocycles. The zero-order chi connectivity index (χ0) is 17.8. The van der Waals surface area contributed by atoms with Crippen molar-refractivity contribution in [3.63, 3.8) is 0 Å². The van der Waals surface area contributed by atoms with Crippen LogP contribution in [-0.2, 0) is 17.1 Å². The minimum absolute atomic E-state index is 0.0291. The van der Waals surface area contributed by atoms with Gasteiger partial charge in [0.1, 0.15) is 12.4 Å². The largest absolute Gasteiger partial charge is 0.324 e. The minimum Gasteiger partial charge on any atom is -0.324 e. The van der Waals surface area contributed by atoms with Gasteiger partial charge in [0.05, 0.1) is 16.8 Å². The third-order valence-corrected chi connectivity index (χ3v) is 4.71. The van der Waals surface area contributed by atoms with E-state index in [1.165, 1.54) is 0 Å². The molecule has 3 aromatic rings. The molecule has 0 aliphatic carbocycles. The van der Waals surface area contributed by atoms with Crippen molar-refractivity contribution in [2.24, 2.45) is 0 Å². The lowest BCUT2D eigenvalue weighted by Gasteiger charge is -2.14. The highest BCUT2D eigenvalue weighted by Crippen LogP contribution is 2.24. The van der Waals surface area contributed by atoms with Crippen LogP contribution in [0, 0.1) is 0 Å². The number of thioether (sulfide) groups is 1. The van der Waals surface area contributed by atoms with E-state index in [0.717, 1.165) is 33.9 Å². The molecule has 0 aliphatic rings. The number of rotatable bonds is 6. The molecule has 0 radical (unpaired) electrons. The predicted octanol–water partition coefficient (Wildman–Crippen LogP) is 4.66. The van der Waals surface area contributed by atoms with Crippen molar-refractivity contribution in [1.82, 2.24) is 9.55 Å². The van der Waals surface area contributed by atoms with E-state index in [9.17, 15) is 4.79 Å². The quantitative estimate of drug-likeness (QED) is 0.701. The molecule has 4 nitrogen and oxygen atoms in total. The molecule has 0 aliphatic heterocycles. The number of hydrogen-bond acceptors (Lipinski definition) is 3. The van der Waals surface area contributed by atoms with E-state index >= 15 is 0 Å². The summed E-state index contributed by atoms with van der Waals surface area (Å²) in [5, 5.41) is 3.07. The van der Waals surface area contributed by atoms with Gasteiger partial charge >= 0.3 is 0 Å². The van der Waals surface area contributed by atoms with E-state index in [1.54, 1.807) is 11.8 Å². The van der Waals surface area contributed by atoms with Gasteiger partial charge in [-0.2, -0.15) is 11.8 Å². The Labute approximate surface area is 152 Å². The molecule has 0 saturated carbocycles. The first-order chi connectivity index (χ1) is 12.1. The zero-order valence-electron chi connectivity index (χ0n) is 14.8. The van der Waals surface area contributed by atoms with Crippen LogP contribution in [0.5, 0.6) is 0 Å². The number of hydrogen-bond donors (Lipinski definition) is 1. The Morgan fingerprint density at radius 3 is 2.64 bits per heavy atom. The first-order valence-electron chi connectivity index (χ1n) is 8.42. The normalized spacial score (nSPS) is 11.2. The summed E-state index contributed by atoms with van der Waals surface area (Å²) in [6, 6.07) is 15.9. The third-order valence-electron chi connectivity index (χ3n) is 4.17. The second-order valence-electron chi connectivity index (χ2n) is 6.33. The first kappa shape index (κ1) is 17.5. The molecule has 1 amide bonds. The fourth-order valence-corrected chi connectivity index (χ4v) is 3.47. The van der Waals surface area contributed by atoms with E-state index in [-0.39, 0.29) is 12.5 Å². The summed E-state index contributed by atoms with van der Waals surface area (Å²) in [5.41, 5.74) is 3.97. The summed E-state index contributed by atoms with van der Waals surface area (Å²) in [5.74, 6) is 2.04. The van der Waals surface area contributed by atoms with Crippen LogP contribution in [0.1, 0.15) is 31.2 Å². The molecule has 3 rings (SSSR count). The molecule has 0 atom stereocenters. The SMILES string of the molecule is CSCc1nc2ccccc2n1CC(=O)Nc1ccccc1C(C)C. The number of aromatic nitrogens is 2. The molecule has 1 N–H and O–H groups in total. The van der Waals surface area contributed by atoms with Crippen LogP contribution < -0.4 is 5.32 Å². The van der Waals surface area contributed by atoms with E-state index in [4.69, 9.17) is 0 Å². The maximum absolute atomic E-state index is 12.7. The number of nitrogens with zero attached hydrogens (tertiary/aromatic N) is 2. The van der Waals surface area contributed by atoms with Crippen molar-refractivity contribution < 1.29 is 4.79 Å². The first-order valence-corrected chi connectivity index (χ1v) is 9.81. The molecular weight excluding hydrogens is 330 g/mol. The van der Waals surface area contributed by atoms with Crippen LogP contribution in [0.15, 0.2) is 48.5 Å². The van der Waals surface area contributed by atoms with Crippen LogP contribution in [0.3, 0.4) is 0 Å². The smallest absolute Gasteiger partial charge is 0.244 e. The van der Waals surface area contributed by atoms with Crippen LogP contribution in [0.25, 0.3) is 11.0 Å². The molecule has 1 aromatic heterocycles. The second-order valence-corrected chi connectivity index (χ2v) is 7.19. The average Bonchev–Trinajstić information content (AvgIpc) is 2.93. The van der Waals surface area contributed by atoms with Gasteiger partial charge < -0.3 is 9.88 Å². The van der Waals surface area contributed by atoms with Gasteiger partial charge in [-0.3, -0.25) is 4.79 Å². The highest BCUT2D eigenvalue weighted by Gasteiger charge is 2.14. The van der Waals surface area contributed by atoms with Gasteiger partial charge in [0, 0.05) is 5.69 Å². The number of anilines is 1. The summed E-state index contributed by atoms with van der Waals surface area (Å²) in [4.78, 5) is 17.4. The second kappa shape index (κ2) is 7.74. The summed E-state index contributed by atoms with van der Waals surface area (Å²) >= 11 is 1.71. The number of nitrogens with one attached hydrogen (secondary N) is 1. The fraction of sp³-hybridized carbons (Fsp3) is 0.300. The monoisotopic (exact) mass is 353 g/mol. The van der Waals surface area contributed by atoms with E-state index in [1.807, 2.05) is 53.3 Å². The molecule has 25 heavy (non-hydrogen) atoms. The summed E-state index contributed by atoms with van der Waals surface area (Å²) < 4.78 is 2.01. The van der Waals surface area contributed by atoms with Crippen LogP contribution in [0.2, 0.25) is 0 Å². The lowest BCUT2D eigenvalue weighted by Crippen LogP contribution is -2.20. The van der Waals surface area contributed by atoms with Crippen molar-refractivity contribution >= 4 is 34.4 Å².